The van der Waals surface area contributed by atoms with Gasteiger partial charge in [0.1, 0.15) is 0 Å². The number of aliphatic hydroxyl groups excluding tert-OH is 1. The van der Waals surface area contributed by atoms with Crippen molar-refractivity contribution in [2.24, 2.45) is 0 Å². The lowest BCUT2D eigenvalue weighted by Gasteiger charge is -2.03. The molecule has 0 aliphatic heterocycles. The van der Waals surface area contributed by atoms with E-state index in [9.17, 15) is 0 Å². The number of benzene rings is 2. The Bertz CT molecular complexity index is 727. The summed E-state index contributed by atoms with van der Waals surface area (Å²) in [6, 6.07) is 15.2. The molecular formula is C14H11BrN4O. The molecule has 1 heterocycles. The fourth-order valence-corrected chi connectivity index (χ4v) is 2.31. The molecule has 3 aromatic rings. The summed E-state index contributed by atoms with van der Waals surface area (Å²) in [5.74, 6) is 0.577. The highest BCUT2D eigenvalue weighted by molar-refractivity contribution is 9.10. The third kappa shape index (κ3) is 2.48. The van der Waals surface area contributed by atoms with E-state index in [-0.39, 0.29) is 6.61 Å². The van der Waals surface area contributed by atoms with Crippen LogP contribution in [0.5, 0.6) is 0 Å². The Morgan fingerprint density at radius 2 is 1.90 bits per heavy atom. The average molecular weight is 331 g/mol. The van der Waals surface area contributed by atoms with E-state index in [1.165, 1.54) is 4.80 Å². The first-order chi connectivity index (χ1) is 9.78. The molecule has 6 heteroatoms. The first-order valence-corrected chi connectivity index (χ1v) is 6.82. The Labute approximate surface area is 124 Å². The molecule has 5 nitrogen and oxygen atoms in total. The molecule has 0 saturated heterocycles. The highest BCUT2D eigenvalue weighted by atomic mass is 79.9. The van der Waals surface area contributed by atoms with E-state index in [1.54, 1.807) is 0 Å². The topological polar surface area (TPSA) is 63.8 Å². The van der Waals surface area contributed by atoms with Crippen LogP contribution in [-0.4, -0.2) is 25.3 Å². The summed E-state index contributed by atoms with van der Waals surface area (Å²) in [6.07, 6.45) is 0. The predicted octanol–water partition coefficient (Wildman–Crippen LogP) is 2.58. The molecule has 0 spiro atoms. The molecule has 100 valence electrons. The molecule has 0 saturated carbocycles. The number of tetrazole rings is 1. The Balaban J connectivity index is 1.96. The molecule has 3 rings (SSSR count). The molecular weight excluding hydrogens is 320 g/mol. The van der Waals surface area contributed by atoms with Crippen molar-refractivity contribution in [1.82, 2.24) is 20.2 Å². The van der Waals surface area contributed by atoms with Crippen LogP contribution >= 0.6 is 15.9 Å². The van der Waals surface area contributed by atoms with Crippen molar-refractivity contribution in [3.8, 4) is 17.1 Å². The van der Waals surface area contributed by atoms with Crippen molar-refractivity contribution in [3.05, 3.63) is 58.6 Å². The van der Waals surface area contributed by atoms with Crippen LogP contribution < -0.4 is 0 Å². The van der Waals surface area contributed by atoms with Crippen LogP contribution in [0.1, 0.15) is 5.56 Å². The summed E-state index contributed by atoms with van der Waals surface area (Å²) < 4.78 is 0.816. The fourth-order valence-electron chi connectivity index (χ4n) is 1.82. The minimum Gasteiger partial charge on any atom is -0.392 e. The summed E-state index contributed by atoms with van der Waals surface area (Å²) in [6.45, 7) is -0.0130. The zero-order chi connectivity index (χ0) is 13.9. The number of halogens is 1. The average Bonchev–Trinajstić information content (AvgIpc) is 2.98. The molecule has 0 aliphatic rings. The van der Waals surface area contributed by atoms with Crippen molar-refractivity contribution >= 4 is 15.9 Å². The fraction of sp³-hybridized carbons (Fsp3) is 0.0714. The number of rotatable bonds is 3. The minimum absolute atomic E-state index is 0.0130. The monoisotopic (exact) mass is 330 g/mol. The Kier molecular flexibility index (Phi) is 3.58. The van der Waals surface area contributed by atoms with Crippen molar-refractivity contribution in [2.45, 2.75) is 6.61 Å². The van der Waals surface area contributed by atoms with Crippen LogP contribution in [0.4, 0.5) is 0 Å². The molecule has 0 unspecified atom stereocenters. The van der Waals surface area contributed by atoms with Gasteiger partial charge >= 0.3 is 0 Å². The molecule has 2 aromatic carbocycles. The van der Waals surface area contributed by atoms with Gasteiger partial charge in [-0.2, -0.15) is 0 Å². The van der Waals surface area contributed by atoms with Crippen LogP contribution in [-0.2, 0) is 6.61 Å². The summed E-state index contributed by atoms with van der Waals surface area (Å²) in [5, 5.41) is 21.6. The van der Waals surface area contributed by atoms with Gasteiger partial charge in [0.2, 0.25) is 5.82 Å². The zero-order valence-electron chi connectivity index (χ0n) is 10.4. The lowest BCUT2D eigenvalue weighted by Crippen LogP contribution is -2.00. The van der Waals surface area contributed by atoms with Gasteiger partial charge in [-0.05, 0) is 22.9 Å². The van der Waals surface area contributed by atoms with E-state index in [1.807, 2.05) is 48.5 Å². The van der Waals surface area contributed by atoms with Gasteiger partial charge in [-0.15, -0.1) is 15.0 Å². The van der Waals surface area contributed by atoms with Gasteiger partial charge in [-0.1, -0.05) is 52.3 Å². The van der Waals surface area contributed by atoms with Gasteiger partial charge in [0.05, 0.1) is 12.3 Å². The third-order valence-electron chi connectivity index (χ3n) is 2.88. The second kappa shape index (κ2) is 5.52. The molecule has 20 heavy (non-hydrogen) atoms. The Morgan fingerprint density at radius 3 is 2.60 bits per heavy atom. The largest absolute Gasteiger partial charge is 0.392 e. The lowest BCUT2D eigenvalue weighted by atomic mass is 10.2. The van der Waals surface area contributed by atoms with E-state index in [0.717, 1.165) is 21.3 Å². The van der Waals surface area contributed by atoms with E-state index >= 15 is 0 Å². The van der Waals surface area contributed by atoms with E-state index in [0.29, 0.717) is 5.82 Å². The van der Waals surface area contributed by atoms with E-state index in [2.05, 4.69) is 31.3 Å². The second-order valence-electron chi connectivity index (χ2n) is 4.20. The normalized spacial score (nSPS) is 10.7. The molecule has 0 bridgehead atoms. The van der Waals surface area contributed by atoms with Gasteiger partial charge in [-0.3, -0.25) is 0 Å². The summed E-state index contributed by atoms with van der Waals surface area (Å²) in [4.78, 5) is 1.47. The molecule has 0 aliphatic carbocycles. The van der Waals surface area contributed by atoms with Gasteiger partial charge in [0.25, 0.3) is 0 Å². The molecule has 1 aromatic heterocycles. The zero-order valence-corrected chi connectivity index (χ0v) is 12.0. The van der Waals surface area contributed by atoms with Gasteiger partial charge in [-0.25, -0.2) is 0 Å². The summed E-state index contributed by atoms with van der Waals surface area (Å²) in [5.41, 5.74) is 2.52. The predicted molar refractivity (Wildman–Crippen MR) is 78.2 cm³/mol. The lowest BCUT2D eigenvalue weighted by molar-refractivity contribution is 0.281. The third-order valence-corrected chi connectivity index (χ3v) is 3.62. The number of aliphatic hydroxyl groups is 1. The highest BCUT2D eigenvalue weighted by Gasteiger charge is 2.08. The SMILES string of the molecule is OCc1ccc(-n2nnc(-c3ccccc3)n2)cc1Br. The van der Waals surface area contributed by atoms with Crippen LogP contribution in [0.2, 0.25) is 0 Å². The van der Waals surface area contributed by atoms with Crippen LogP contribution in [0, 0.1) is 0 Å². The quantitative estimate of drug-likeness (QED) is 0.801. The van der Waals surface area contributed by atoms with Crippen molar-refractivity contribution in [3.63, 3.8) is 0 Å². The highest BCUT2D eigenvalue weighted by Crippen LogP contribution is 2.21. The maximum Gasteiger partial charge on any atom is 0.205 e. The standard InChI is InChI=1S/C14H11BrN4O/c15-13-8-12(7-6-11(13)9-20)19-17-14(16-18-19)10-4-2-1-3-5-10/h1-8,20H,9H2. The van der Waals surface area contributed by atoms with Crippen molar-refractivity contribution in [2.75, 3.05) is 0 Å². The molecule has 0 amide bonds. The van der Waals surface area contributed by atoms with Crippen LogP contribution in [0.25, 0.3) is 17.1 Å². The summed E-state index contributed by atoms with van der Waals surface area (Å²) in [7, 11) is 0. The number of aromatic nitrogens is 4. The molecule has 0 atom stereocenters. The maximum atomic E-state index is 9.15. The molecule has 0 fully saturated rings. The van der Waals surface area contributed by atoms with Crippen molar-refractivity contribution in [1.29, 1.82) is 0 Å². The summed E-state index contributed by atoms with van der Waals surface area (Å²) >= 11 is 3.41. The van der Waals surface area contributed by atoms with Crippen molar-refractivity contribution < 1.29 is 5.11 Å². The minimum atomic E-state index is -0.0130. The number of nitrogens with zero attached hydrogens (tertiary/aromatic N) is 4. The van der Waals surface area contributed by atoms with E-state index < -0.39 is 0 Å². The number of hydrogen-bond acceptors (Lipinski definition) is 4. The maximum absolute atomic E-state index is 9.15. The first-order valence-electron chi connectivity index (χ1n) is 6.03. The van der Waals surface area contributed by atoms with Gasteiger partial charge in [0.15, 0.2) is 0 Å². The molecule has 0 radical (unpaired) electrons. The van der Waals surface area contributed by atoms with Crippen LogP contribution in [0.3, 0.4) is 0 Å². The Morgan fingerprint density at radius 1 is 1.10 bits per heavy atom. The second-order valence-corrected chi connectivity index (χ2v) is 5.06. The van der Waals surface area contributed by atoms with Crippen LogP contribution in [0.15, 0.2) is 53.0 Å². The Hall–Kier alpha value is -2.05. The van der Waals surface area contributed by atoms with Gasteiger partial charge in [0, 0.05) is 10.0 Å². The van der Waals surface area contributed by atoms with E-state index in [4.69, 9.17) is 5.11 Å². The smallest absolute Gasteiger partial charge is 0.205 e. The number of hydrogen-bond donors (Lipinski definition) is 1. The molecule has 1 N–H and O–H groups in total. The first kappa shape index (κ1) is 13.0. The van der Waals surface area contributed by atoms with Gasteiger partial charge < -0.3 is 5.11 Å².